The summed E-state index contributed by atoms with van der Waals surface area (Å²) in [5, 5.41) is 0. The van der Waals surface area contributed by atoms with Crippen molar-refractivity contribution in [3.63, 3.8) is 0 Å². The van der Waals surface area contributed by atoms with E-state index >= 15 is 0 Å². The zero-order valence-electron chi connectivity index (χ0n) is 8.82. The van der Waals surface area contributed by atoms with Gasteiger partial charge in [-0.2, -0.15) is 0 Å². The van der Waals surface area contributed by atoms with Gasteiger partial charge in [0.2, 0.25) is 6.79 Å². The van der Waals surface area contributed by atoms with Crippen molar-refractivity contribution in [2.45, 2.75) is 31.2 Å². The van der Waals surface area contributed by atoms with E-state index in [-0.39, 0.29) is 11.5 Å². The summed E-state index contributed by atoms with van der Waals surface area (Å²) in [5.41, 5.74) is 7.53. The molecule has 0 bridgehead atoms. The van der Waals surface area contributed by atoms with Crippen molar-refractivity contribution in [2.75, 3.05) is 6.79 Å². The fraction of sp³-hybridized carbons (Fsp3) is 0.500. The van der Waals surface area contributed by atoms with E-state index in [1.807, 2.05) is 6.07 Å². The molecule has 1 aromatic rings. The van der Waals surface area contributed by atoms with Gasteiger partial charge in [-0.15, -0.1) is 0 Å². The molecule has 1 aliphatic carbocycles. The van der Waals surface area contributed by atoms with Gasteiger partial charge in [0.25, 0.3) is 0 Å². The summed E-state index contributed by atoms with van der Waals surface area (Å²) in [6, 6.07) is 6.39. The van der Waals surface area contributed by atoms with Gasteiger partial charge in [0.1, 0.15) is 0 Å². The van der Waals surface area contributed by atoms with Crippen LogP contribution in [-0.2, 0) is 5.41 Å². The summed E-state index contributed by atoms with van der Waals surface area (Å²) in [6.45, 7) is 2.42. The van der Waals surface area contributed by atoms with E-state index in [4.69, 9.17) is 15.2 Å². The summed E-state index contributed by atoms with van der Waals surface area (Å²) >= 11 is 0. The van der Waals surface area contributed by atoms with Crippen molar-refractivity contribution in [1.82, 2.24) is 0 Å². The maximum Gasteiger partial charge on any atom is 0.231 e. The topological polar surface area (TPSA) is 44.5 Å². The first kappa shape index (κ1) is 9.04. The number of hydrogen-bond acceptors (Lipinski definition) is 3. The molecule has 0 amide bonds. The maximum absolute atomic E-state index is 6.04. The predicted molar refractivity (Wildman–Crippen MR) is 57.1 cm³/mol. The van der Waals surface area contributed by atoms with Crippen LogP contribution in [0, 0.1) is 0 Å². The van der Waals surface area contributed by atoms with E-state index in [9.17, 15) is 0 Å². The Hall–Kier alpha value is -1.22. The Kier molecular flexibility index (Phi) is 1.74. The van der Waals surface area contributed by atoms with Crippen LogP contribution in [0.4, 0.5) is 0 Å². The molecule has 3 rings (SSSR count). The third kappa shape index (κ3) is 1.23. The molecule has 0 saturated heterocycles. The van der Waals surface area contributed by atoms with Crippen molar-refractivity contribution in [1.29, 1.82) is 0 Å². The number of benzene rings is 1. The number of hydrogen-bond donors (Lipinski definition) is 1. The molecule has 1 aliphatic heterocycles. The first-order valence-electron chi connectivity index (χ1n) is 5.38. The van der Waals surface area contributed by atoms with Crippen LogP contribution in [-0.4, -0.2) is 12.8 Å². The van der Waals surface area contributed by atoms with Gasteiger partial charge in [0.05, 0.1) is 0 Å². The average Bonchev–Trinajstić information content (AvgIpc) is 2.91. The van der Waals surface area contributed by atoms with E-state index in [1.165, 1.54) is 18.4 Å². The van der Waals surface area contributed by atoms with Crippen molar-refractivity contribution < 1.29 is 9.47 Å². The summed E-state index contributed by atoms with van der Waals surface area (Å²) in [4.78, 5) is 0. The van der Waals surface area contributed by atoms with Crippen LogP contribution in [0.5, 0.6) is 11.5 Å². The fourth-order valence-corrected chi connectivity index (χ4v) is 2.35. The van der Waals surface area contributed by atoms with Crippen LogP contribution < -0.4 is 15.2 Å². The minimum atomic E-state index is 0.195. The lowest BCUT2D eigenvalue weighted by Crippen LogP contribution is -2.31. The molecule has 1 fully saturated rings. The molecular weight excluding hydrogens is 190 g/mol. The van der Waals surface area contributed by atoms with Gasteiger partial charge in [-0.05, 0) is 37.5 Å². The lowest BCUT2D eigenvalue weighted by molar-refractivity contribution is 0.174. The average molecular weight is 205 g/mol. The standard InChI is InChI=1S/C12H15NO2/c1-8(13)12(4-5-12)9-2-3-10-11(6-9)15-7-14-10/h2-3,6,8H,4-5,7,13H2,1H3. The Morgan fingerprint density at radius 1 is 1.27 bits per heavy atom. The van der Waals surface area contributed by atoms with Crippen LogP contribution in [0.25, 0.3) is 0 Å². The van der Waals surface area contributed by atoms with Crippen LogP contribution in [0.15, 0.2) is 18.2 Å². The Morgan fingerprint density at radius 2 is 2.00 bits per heavy atom. The fourth-order valence-electron chi connectivity index (χ4n) is 2.35. The highest BCUT2D eigenvalue weighted by atomic mass is 16.7. The molecule has 1 unspecified atom stereocenters. The number of nitrogens with two attached hydrogens (primary N) is 1. The van der Waals surface area contributed by atoms with Crippen LogP contribution in [0.3, 0.4) is 0 Å². The van der Waals surface area contributed by atoms with Gasteiger partial charge >= 0.3 is 0 Å². The smallest absolute Gasteiger partial charge is 0.231 e. The molecular formula is C12H15NO2. The summed E-state index contributed by atoms with van der Waals surface area (Å²) < 4.78 is 10.7. The lowest BCUT2D eigenvalue weighted by Gasteiger charge is -2.20. The molecule has 1 atom stereocenters. The zero-order chi connectivity index (χ0) is 10.5. The number of fused-ring (bicyclic) bond motifs is 1. The summed E-state index contributed by atoms with van der Waals surface area (Å²) in [6.07, 6.45) is 2.37. The van der Waals surface area contributed by atoms with E-state index in [2.05, 4.69) is 19.1 Å². The second-order valence-electron chi connectivity index (χ2n) is 4.51. The normalized spacial score (nSPS) is 22.5. The quantitative estimate of drug-likeness (QED) is 0.800. The van der Waals surface area contributed by atoms with Gasteiger partial charge in [0.15, 0.2) is 11.5 Å². The molecule has 3 heteroatoms. The van der Waals surface area contributed by atoms with Crippen molar-refractivity contribution >= 4 is 0 Å². The Labute approximate surface area is 89.2 Å². The van der Waals surface area contributed by atoms with E-state index in [1.54, 1.807) is 0 Å². The Morgan fingerprint density at radius 3 is 2.67 bits per heavy atom. The highest BCUT2D eigenvalue weighted by Gasteiger charge is 2.47. The molecule has 15 heavy (non-hydrogen) atoms. The van der Waals surface area contributed by atoms with Gasteiger partial charge in [-0.1, -0.05) is 6.07 Å². The summed E-state index contributed by atoms with van der Waals surface area (Å²) in [7, 11) is 0. The van der Waals surface area contributed by atoms with Crippen LogP contribution >= 0.6 is 0 Å². The molecule has 0 radical (unpaired) electrons. The molecule has 0 aromatic heterocycles. The van der Waals surface area contributed by atoms with Crippen molar-refractivity contribution in [2.24, 2.45) is 5.73 Å². The van der Waals surface area contributed by atoms with Gasteiger partial charge in [-0.25, -0.2) is 0 Å². The maximum atomic E-state index is 6.04. The van der Waals surface area contributed by atoms with Gasteiger partial charge in [-0.3, -0.25) is 0 Å². The van der Waals surface area contributed by atoms with Crippen LogP contribution in [0.2, 0.25) is 0 Å². The third-order valence-corrected chi connectivity index (χ3v) is 3.61. The molecule has 1 aromatic carbocycles. The first-order valence-corrected chi connectivity index (χ1v) is 5.38. The number of ether oxygens (including phenoxy) is 2. The highest BCUT2D eigenvalue weighted by Crippen LogP contribution is 2.52. The monoisotopic (exact) mass is 205 g/mol. The number of rotatable bonds is 2. The van der Waals surface area contributed by atoms with Gasteiger partial charge < -0.3 is 15.2 Å². The Balaban J connectivity index is 2.00. The van der Waals surface area contributed by atoms with Crippen LogP contribution in [0.1, 0.15) is 25.3 Å². The molecule has 80 valence electrons. The van der Waals surface area contributed by atoms with E-state index in [0.29, 0.717) is 6.79 Å². The Bertz CT molecular complexity index is 397. The molecule has 3 nitrogen and oxygen atoms in total. The second-order valence-corrected chi connectivity index (χ2v) is 4.51. The zero-order valence-corrected chi connectivity index (χ0v) is 8.82. The molecule has 1 saturated carbocycles. The predicted octanol–water partition coefficient (Wildman–Crippen LogP) is 1.79. The molecule has 2 aliphatic rings. The first-order chi connectivity index (χ1) is 7.22. The minimum Gasteiger partial charge on any atom is -0.454 e. The molecule has 1 heterocycles. The van der Waals surface area contributed by atoms with Crippen molar-refractivity contribution in [3.05, 3.63) is 23.8 Å². The summed E-state index contributed by atoms with van der Waals surface area (Å²) in [5.74, 6) is 1.71. The minimum absolute atomic E-state index is 0.195. The highest BCUT2D eigenvalue weighted by molar-refractivity contribution is 5.48. The largest absolute Gasteiger partial charge is 0.454 e. The third-order valence-electron chi connectivity index (χ3n) is 3.61. The van der Waals surface area contributed by atoms with E-state index < -0.39 is 0 Å². The second kappa shape index (κ2) is 2.89. The lowest BCUT2D eigenvalue weighted by atomic mass is 9.89. The van der Waals surface area contributed by atoms with Crippen molar-refractivity contribution in [3.8, 4) is 11.5 Å². The SMILES string of the molecule is CC(N)C1(c2ccc3c(c2)OCO3)CC1. The molecule has 2 N–H and O–H groups in total. The van der Waals surface area contributed by atoms with E-state index in [0.717, 1.165) is 11.5 Å². The molecule has 0 spiro atoms. The van der Waals surface area contributed by atoms with Gasteiger partial charge in [0, 0.05) is 11.5 Å².